The lowest BCUT2D eigenvalue weighted by molar-refractivity contribution is -0.148. The molecular formula is C19H23ClN4O3. The number of nitrogens with one attached hydrogen (secondary N) is 3. The molecule has 2 aromatic rings. The van der Waals surface area contributed by atoms with Crippen molar-refractivity contribution in [3.8, 4) is 0 Å². The fourth-order valence-electron chi connectivity index (χ4n) is 3.27. The van der Waals surface area contributed by atoms with Gasteiger partial charge in [-0.15, -0.1) is 0 Å². The number of benzene rings is 1. The van der Waals surface area contributed by atoms with Gasteiger partial charge in [0.05, 0.1) is 11.7 Å². The van der Waals surface area contributed by atoms with Crippen LogP contribution < -0.4 is 10.6 Å². The fraction of sp³-hybridized carbons (Fsp3) is 0.421. The molecule has 0 spiro atoms. The fourth-order valence-corrected chi connectivity index (χ4v) is 3.52. The van der Waals surface area contributed by atoms with Crippen molar-refractivity contribution in [2.75, 3.05) is 13.2 Å². The van der Waals surface area contributed by atoms with Crippen LogP contribution in [0.1, 0.15) is 35.0 Å². The van der Waals surface area contributed by atoms with E-state index in [0.717, 1.165) is 24.2 Å². The first-order valence-electron chi connectivity index (χ1n) is 8.91. The lowest BCUT2D eigenvalue weighted by atomic mass is 9.99. The molecule has 0 radical (unpaired) electrons. The summed E-state index contributed by atoms with van der Waals surface area (Å²) in [5, 5.41) is 13.3. The number of hydrogen-bond donors (Lipinski definition) is 3. The second-order valence-electron chi connectivity index (χ2n) is 6.61. The van der Waals surface area contributed by atoms with Crippen LogP contribution in [0.2, 0.25) is 5.02 Å². The lowest BCUT2D eigenvalue weighted by Gasteiger charge is -2.32. The molecule has 0 aliphatic carbocycles. The molecule has 2 atom stereocenters. The van der Waals surface area contributed by atoms with Crippen molar-refractivity contribution in [1.82, 2.24) is 20.8 Å². The van der Waals surface area contributed by atoms with Crippen LogP contribution in [0.5, 0.6) is 0 Å². The molecule has 2 amide bonds. The molecule has 0 saturated carbocycles. The molecule has 3 rings (SSSR count). The number of aromatic amines is 1. The van der Waals surface area contributed by atoms with Gasteiger partial charge in [0.25, 0.3) is 5.91 Å². The molecule has 27 heavy (non-hydrogen) atoms. The van der Waals surface area contributed by atoms with Gasteiger partial charge in [0.2, 0.25) is 5.91 Å². The highest BCUT2D eigenvalue weighted by atomic mass is 35.5. The van der Waals surface area contributed by atoms with E-state index in [1.54, 1.807) is 18.2 Å². The van der Waals surface area contributed by atoms with E-state index in [0.29, 0.717) is 17.1 Å². The lowest BCUT2D eigenvalue weighted by Crippen LogP contribution is -2.52. The number of ether oxygens (including phenoxy) is 1. The Balaban J connectivity index is 1.60. The summed E-state index contributed by atoms with van der Waals surface area (Å²) in [5.41, 5.74) is 3.88. The third kappa shape index (κ3) is 4.48. The van der Waals surface area contributed by atoms with Crippen LogP contribution >= 0.6 is 11.6 Å². The van der Waals surface area contributed by atoms with Gasteiger partial charge in [-0.2, -0.15) is 5.10 Å². The summed E-state index contributed by atoms with van der Waals surface area (Å²) in [4.78, 5) is 24.4. The number of nitrogens with zero attached hydrogens (tertiary/aromatic N) is 1. The van der Waals surface area contributed by atoms with Crippen LogP contribution in [0.4, 0.5) is 0 Å². The van der Waals surface area contributed by atoms with Gasteiger partial charge in [-0.25, -0.2) is 0 Å². The Labute approximate surface area is 162 Å². The standard InChI is InChI=1S/C19H23ClN4O3/c1-11-13(12(2)24-23-11)7-5-9-21-19(26)18-17(22-16(25)10-27-18)14-6-3-4-8-15(14)20/h3-4,6,8,17-18H,5,7,9-10H2,1-2H3,(H,21,26)(H,22,25)(H,23,24)/t17-,18+/m1/s1. The smallest absolute Gasteiger partial charge is 0.251 e. The van der Waals surface area contributed by atoms with Crippen LogP contribution in [0.15, 0.2) is 24.3 Å². The topological polar surface area (TPSA) is 96.1 Å². The molecule has 1 aliphatic heterocycles. The van der Waals surface area contributed by atoms with Gasteiger partial charge in [0.1, 0.15) is 6.61 Å². The van der Waals surface area contributed by atoms with Crippen molar-refractivity contribution < 1.29 is 14.3 Å². The first-order valence-corrected chi connectivity index (χ1v) is 9.28. The first-order chi connectivity index (χ1) is 13.0. The predicted octanol–water partition coefficient (Wildman–Crippen LogP) is 1.99. The zero-order chi connectivity index (χ0) is 19.4. The molecule has 1 aromatic carbocycles. The number of carbonyl (C=O) groups is 2. The molecule has 144 valence electrons. The number of aryl methyl sites for hydroxylation is 2. The van der Waals surface area contributed by atoms with Crippen LogP contribution in [-0.2, 0) is 20.7 Å². The molecule has 3 N–H and O–H groups in total. The largest absolute Gasteiger partial charge is 0.356 e. The quantitative estimate of drug-likeness (QED) is 0.657. The summed E-state index contributed by atoms with van der Waals surface area (Å²) in [5.74, 6) is -0.532. The Hall–Kier alpha value is -2.38. The summed E-state index contributed by atoms with van der Waals surface area (Å²) in [6, 6.07) is 6.51. The average molecular weight is 391 g/mol. The minimum Gasteiger partial charge on any atom is -0.356 e. The molecule has 7 nitrogen and oxygen atoms in total. The predicted molar refractivity (Wildman–Crippen MR) is 101 cm³/mol. The minimum atomic E-state index is -0.819. The van der Waals surface area contributed by atoms with Crippen molar-refractivity contribution in [1.29, 1.82) is 0 Å². The second-order valence-corrected chi connectivity index (χ2v) is 7.01. The number of H-pyrrole nitrogens is 1. The minimum absolute atomic E-state index is 0.146. The van der Waals surface area contributed by atoms with E-state index in [4.69, 9.17) is 16.3 Å². The van der Waals surface area contributed by atoms with E-state index < -0.39 is 12.1 Å². The second kappa shape index (κ2) is 8.54. The molecule has 1 aromatic heterocycles. The zero-order valence-electron chi connectivity index (χ0n) is 15.3. The third-order valence-electron chi connectivity index (χ3n) is 4.70. The number of amides is 2. The summed E-state index contributed by atoms with van der Waals surface area (Å²) < 4.78 is 5.52. The molecule has 1 fully saturated rings. The van der Waals surface area contributed by atoms with Crippen molar-refractivity contribution in [3.63, 3.8) is 0 Å². The van der Waals surface area contributed by atoms with Gasteiger partial charge >= 0.3 is 0 Å². The first kappa shape index (κ1) is 19.4. The zero-order valence-corrected chi connectivity index (χ0v) is 16.1. The van der Waals surface area contributed by atoms with Crippen LogP contribution in [0.25, 0.3) is 0 Å². The van der Waals surface area contributed by atoms with Crippen molar-refractivity contribution in [2.24, 2.45) is 0 Å². The van der Waals surface area contributed by atoms with E-state index in [9.17, 15) is 9.59 Å². The average Bonchev–Trinajstić information content (AvgIpc) is 2.97. The van der Waals surface area contributed by atoms with Gasteiger partial charge < -0.3 is 15.4 Å². The number of aromatic nitrogens is 2. The Morgan fingerprint density at radius 3 is 2.85 bits per heavy atom. The Kier molecular flexibility index (Phi) is 6.13. The van der Waals surface area contributed by atoms with E-state index in [-0.39, 0.29) is 18.4 Å². The normalized spacial score (nSPS) is 19.6. The highest BCUT2D eigenvalue weighted by Gasteiger charge is 2.36. The monoisotopic (exact) mass is 390 g/mol. The molecule has 2 heterocycles. The Bertz CT molecular complexity index is 817. The number of rotatable bonds is 6. The third-order valence-corrected chi connectivity index (χ3v) is 5.04. The molecule has 1 aliphatic rings. The van der Waals surface area contributed by atoms with Gasteiger partial charge in [-0.3, -0.25) is 14.7 Å². The van der Waals surface area contributed by atoms with Gasteiger partial charge in [0.15, 0.2) is 6.10 Å². The highest BCUT2D eigenvalue weighted by Crippen LogP contribution is 2.28. The number of hydrogen-bond acceptors (Lipinski definition) is 4. The number of morpholine rings is 1. The number of carbonyl (C=O) groups excluding carboxylic acids is 2. The Morgan fingerprint density at radius 1 is 1.37 bits per heavy atom. The molecule has 8 heteroatoms. The summed E-state index contributed by atoms with van der Waals surface area (Å²) in [6.45, 7) is 4.31. The van der Waals surface area contributed by atoms with E-state index in [1.165, 1.54) is 5.56 Å². The maximum absolute atomic E-state index is 12.6. The Morgan fingerprint density at radius 2 is 2.15 bits per heavy atom. The summed E-state index contributed by atoms with van der Waals surface area (Å²) >= 11 is 6.24. The van der Waals surface area contributed by atoms with Crippen LogP contribution in [0, 0.1) is 13.8 Å². The van der Waals surface area contributed by atoms with E-state index >= 15 is 0 Å². The maximum Gasteiger partial charge on any atom is 0.251 e. The van der Waals surface area contributed by atoms with Gasteiger partial charge in [-0.1, -0.05) is 29.8 Å². The molecule has 0 unspecified atom stereocenters. The van der Waals surface area contributed by atoms with E-state index in [1.807, 2.05) is 19.9 Å². The maximum atomic E-state index is 12.6. The molecule has 0 bridgehead atoms. The van der Waals surface area contributed by atoms with Crippen molar-refractivity contribution in [2.45, 2.75) is 38.8 Å². The van der Waals surface area contributed by atoms with Crippen LogP contribution in [0.3, 0.4) is 0 Å². The van der Waals surface area contributed by atoms with Gasteiger partial charge in [-0.05, 0) is 43.9 Å². The summed E-state index contributed by atoms with van der Waals surface area (Å²) in [7, 11) is 0. The van der Waals surface area contributed by atoms with Crippen molar-refractivity contribution in [3.05, 3.63) is 51.8 Å². The molecule has 1 saturated heterocycles. The van der Waals surface area contributed by atoms with E-state index in [2.05, 4.69) is 20.8 Å². The van der Waals surface area contributed by atoms with Gasteiger partial charge in [0, 0.05) is 17.3 Å². The van der Waals surface area contributed by atoms with Crippen molar-refractivity contribution >= 4 is 23.4 Å². The highest BCUT2D eigenvalue weighted by molar-refractivity contribution is 6.31. The number of halogens is 1. The summed E-state index contributed by atoms with van der Waals surface area (Å²) in [6.07, 6.45) is 0.785. The van der Waals surface area contributed by atoms with Crippen LogP contribution in [-0.4, -0.2) is 41.3 Å². The molecular weight excluding hydrogens is 368 g/mol. The SMILES string of the molecule is Cc1n[nH]c(C)c1CCCNC(=O)[C@H]1OCC(=O)N[C@@H]1c1ccccc1Cl.